The SMILES string of the molecule is CCCCO[C@@H](CC)CO/C=C/N. The van der Waals surface area contributed by atoms with Crippen molar-refractivity contribution in [3.63, 3.8) is 0 Å². The second-order valence-electron chi connectivity index (χ2n) is 2.92. The highest BCUT2D eigenvalue weighted by Crippen LogP contribution is 2.01. The Morgan fingerprint density at radius 1 is 1.38 bits per heavy atom. The first kappa shape index (κ1) is 12.3. The highest BCUT2D eigenvalue weighted by Gasteiger charge is 2.04. The van der Waals surface area contributed by atoms with Gasteiger partial charge in [-0.3, -0.25) is 0 Å². The molecule has 0 unspecified atom stereocenters. The van der Waals surface area contributed by atoms with Crippen molar-refractivity contribution in [2.75, 3.05) is 13.2 Å². The molecule has 0 aliphatic heterocycles. The largest absolute Gasteiger partial charge is 0.497 e. The Morgan fingerprint density at radius 2 is 2.15 bits per heavy atom. The van der Waals surface area contributed by atoms with E-state index in [-0.39, 0.29) is 6.10 Å². The topological polar surface area (TPSA) is 44.5 Å². The highest BCUT2D eigenvalue weighted by atomic mass is 16.5. The molecule has 0 fully saturated rings. The first-order chi connectivity index (χ1) is 6.35. The summed E-state index contributed by atoms with van der Waals surface area (Å²) in [5.74, 6) is 0. The van der Waals surface area contributed by atoms with Crippen LogP contribution in [0.3, 0.4) is 0 Å². The predicted octanol–water partition coefficient (Wildman–Crippen LogP) is 2.03. The van der Waals surface area contributed by atoms with Crippen molar-refractivity contribution >= 4 is 0 Å². The van der Waals surface area contributed by atoms with Crippen LogP contribution in [-0.2, 0) is 9.47 Å². The molecular weight excluding hydrogens is 166 g/mol. The summed E-state index contributed by atoms with van der Waals surface area (Å²) in [5, 5.41) is 0. The normalized spacial score (nSPS) is 13.4. The van der Waals surface area contributed by atoms with E-state index in [1.807, 2.05) is 0 Å². The lowest BCUT2D eigenvalue weighted by Crippen LogP contribution is -2.18. The number of rotatable bonds is 8. The molecule has 2 N–H and O–H groups in total. The maximum Gasteiger partial charge on any atom is 0.114 e. The van der Waals surface area contributed by atoms with Crippen LogP contribution in [0.25, 0.3) is 0 Å². The maximum absolute atomic E-state index is 5.58. The number of unbranched alkanes of at least 4 members (excludes halogenated alkanes) is 1. The minimum Gasteiger partial charge on any atom is -0.497 e. The Morgan fingerprint density at radius 3 is 2.69 bits per heavy atom. The van der Waals surface area contributed by atoms with Gasteiger partial charge in [-0.05, 0) is 12.8 Å². The predicted molar refractivity (Wildman–Crippen MR) is 54.2 cm³/mol. The molecule has 0 amide bonds. The van der Waals surface area contributed by atoms with Gasteiger partial charge in [0.25, 0.3) is 0 Å². The van der Waals surface area contributed by atoms with Gasteiger partial charge in [0.1, 0.15) is 6.61 Å². The number of hydrogen-bond acceptors (Lipinski definition) is 3. The fourth-order valence-corrected chi connectivity index (χ4v) is 0.897. The van der Waals surface area contributed by atoms with Crippen LogP contribution in [0, 0.1) is 0 Å². The van der Waals surface area contributed by atoms with Crippen LogP contribution in [0.2, 0.25) is 0 Å². The van der Waals surface area contributed by atoms with Crippen molar-refractivity contribution in [1.82, 2.24) is 0 Å². The first-order valence-electron chi connectivity index (χ1n) is 4.95. The highest BCUT2D eigenvalue weighted by molar-refractivity contribution is 4.65. The maximum atomic E-state index is 5.58. The van der Waals surface area contributed by atoms with Gasteiger partial charge in [-0.15, -0.1) is 0 Å². The third kappa shape index (κ3) is 7.65. The van der Waals surface area contributed by atoms with Crippen molar-refractivity contribution in [3.05, 3.63) is 12.5 Å². The Bertz CT molecular complexity index is 126. The van der Waals surface area contributed by atoms with E-state index in [2.05, 4.69) is 13.8 Å². The van der Waals surface area contributed by atoms with Crippen LogP contribution >= 0.6 is 0 Å². The molecule has 3 nitrogen and oxygen atoms in total. The molecule has 0 spiro atoms. The Kier molecular flexibility index (Phi) is 8.88. The molecule has 78 valence electrons. The molecule has 0 radical (unpaired) electrons. The molecule has 0 aromatic carbocycles. The van der Waals surface area contributed by atoms with Crippen molar-refractivity contribution < 1.29 is 9.47 Å². The summed E-state index contributed by atoms with van der Waals surface area (Å²) in [7, 11) is 0. The van der Waals surface area contributed by atoms with Gasteiger partial charge < -0.3 is 15.2 Å². The summed E-state index contributed by atoms with van der Waals surface area (Å²) in [6, 6.07) is 0. The van der Waals surface area contributed by atoms with Crippen molar-refractivity contribution in [1.29, 1.82) is 0 Å². The average Bonchev–Trinajstić information content (AvgIpc) is 2.16. The van der Waals surface area contributed by atoms with E-state index < -0.39 is 0 Å². The number of hydrogen-bond donors (Lipinski definition) is 1. The van der Waals surface area contributed by atoms with E-state index in [9.17, 15) is 0 Å². The third-order valence-electron chi connectivity index (χ3n) is 1.76. The summed E-state index contributed by atoms with van der Waals surface area (Å²) in [4.78, 5) is 0. The van der Waals surface area contributed by atoms with E-state index in [1.54, 1.807) is 0 Å². The van der Waals surface area contributed by atoms with Gasteiger partial charge in [0.15, 0.2) is 0 Å². The first-order valence-corrected chi connectivity index (χ1v) is 4.95. The summed E-state index contributed by atoms with van der Waals surface area (Å²) in [6.45, 7) is 5.66. The fraction of sp³-hybridized carbons (Fsp3) is 0.800. The van der Waals surface area contributed by atoms with Gasteiger partial charge >= 0.3 is 0 Å². The molecule has 3 heteroatoms. The summed E-state index contributed by atoms with van der Waals surface area (Å²) >= 11 is 0. The van der Waals surface area contributed by atoms with E-state index >= 15 is 0 Å². The monoisotopic (exact) mass is 187 g/mol. The van der Waals surface area contributed by atoms with Crippen LogP contribution in [0.5, 0.6) is 0 Å². The number of nitrogens with two attached hydrogens (primary N) is 1. The molecule has 0 saturated carbocycles. The van der Waals surface area contributed by atoms with Crippen LogP contribution in [0.1, 0.15) is 33.1 Å². The lowest BCUT2D eigenvalue weighted by atomic mass is 10.3. The van der Waals surface area contributed by atoms with E-state index in [0.717, 1.165) is 19.4 Å². The van der Waals surface area contributed by atoms with Gasteiger partial charge in [0, 0.05) is 12.8 Å². The zero-order valence-corrected chi connectivity index (χ0v) is 8.66. The van der Waals surface area contributed by atoms with Crippen LogP contribution in [0.15, 0.2) is 12.5 Å². The van der Waals surface area contributed by atoms with Crippen molar-refractivity contribution in [2.24, 2.45) is 5.73 Å². The second kappa shape index (κ2) is 9.39. The molecule has 0 bridgehead atoms. The molecule has 0 saturated heterocycles. The standard InChI is InChI=1S/C10H21NO2/c1-3-5-7-13-10(4-2)9-12-8-6-11/h6,8,10H,3-5,7,9,11H2,1-2H3/b8-6+/t10-/m0/s1. The summed E-state index contributed by atoms with van der Waals surface area (Å²) in [5.41, 5.74) is 5.13. The van der Waals surface area contributed by atoms with Gasteiger partial charge in [-0.25, -0.2) is 0 Å². The second-order valence-corrected chi connectivity index (χ2v) is 2.92. The third-order valence-corrected chi connectivity index (χ3v) is 1.76. The Labute approximate surface area is 80.9 Å². The molecule has 0 aromatic rings. The molecule has 13 heavy (non-hydrogen) atoms. The average molecular weight is 187 g/mol. The van der Waals surface area contributed by atoms with E-state index in [0.29, 0.717) is 6.61 Å². The quantitative estimate of drug-likeness (QED) is 0.467. The Balaban J connectivity index is 3.39. The fourth-order valence-electron chi connectivity index (χ4n) is 0.897. The van der Waals surface area contributed by atoms with Crippen LogP contribution in [0.4, 0.5) is 0 Å². The summed E-state index contributed by atoms with van der Waals surface area (Å²) in [6.07, 6.45) is 6.33. The van der Waals surface area contributed by atoms with Gasteiger partial charge in [0.05, 0.1) is 12.4 Å². The molecule has 0 aromatic heterocycles. The molecular formula is C10H21NO2. The smallest absolute Gasteiger partial charge is 0.114 e. The van der Waals surface area contributed by atoms with Gasteiger partial charge in [-0.1, -0.05) is 20.3 Å². The zero-order valence-electron chi connectivity index (χ0n) is 8.66. The van der Waals surface area contributed by atoms with Gasteiger partial charge in [0.2, 0.25) is 0 Å². The zero-order chi connectivity index (χ0) is 9.94. The molecule has 0 rings (SSSR count). The molecule has 0 aliphatic carbocycles. The van der Waals surface area contributed by atoms with Crippen LogP contribution in [-0.4, -0.2) is 19.3 Å². The van der Waals surface area contributed by atoms with Crippen LogP contribution < -0.4 is 5.73 Å². The van der Waals surface area contributed by atoms with Crippen molar-refractivity contribution in [3.8, 4) is 0 Å². The molecule has 0 aliphatic rings. The van der Waals surface area contributed by atoms with E-state index in [1.165, 1.54) is 18.9 Å². The van der Waals surface area contributed by atoms with Crippen molar-refractivity contribution in [2.45, 2.75) is 39.2 Å². The summed E-state index contributed by atoms with van der Waals surface area (Å²) < 4.78 is 10.7. The number of ether oxygens (including phenoxy) is 2. The van der Waals surface area contributed by atoms with E-state index in [4.69, 9.17) is 15.2 Å². The molecule has 0 heterocycles. The molecule has 1 atom stereocenters. The minimum atomic E-state index is 0.197. The lowest BCUT2D eigenvalue weighted by molar-refractivity contribution is 0.00513. The lowest BCUT2D eigenvalue weighted by Gasteiger charge is -2.14. The minimum absolute atomic E-state index is 0.197. The van der Waals surface area contributed by atoms with Gasteiger partial charge in [-0.2, -0.15) is 0 Å². The Hall–Kier alpha value is -0.700.